The van der Waals surface area contributed by atoms with Crippen molar-refractivity contribution in [1.82, 2.24) is 0 Å². The van der Waals surface area contributed by atoms with Crippen molar-refractivity contribution in [3.8, 4) is 23.0 Å². The fraction of sp³-hybridized carbons (Fsp3) is 0.308. The molecular formula is C26H28Br2O2. The first-order chi connectivity index (χ1) is 13.9. The van der Waals surface area contributed by atoms with Crippen LogP contribution in [0.3, 0.4) is 0 Å². The first-order valence-corrected chi connectivity index (χ1v) is 11.6. The van der Waals surface area contributed by atoms with Gasteiger partial charge in [0.05, 0.1) is 0 Å². The van der Waals surface area contributed by atoms with E-state index in [0.29, 0.717) is 11.5 Å². The lowest BCUT2D eigenvalue weighted by molar-refractivity contribution is 0.453. The maximum absolute atomic E-state index is 6.14. The molecule has 158 valence electrons. The molecule has 0 aliphatic heterocycles. The molecule has 3 aromatic rings. The monoisotopic (exact) mass is 530 g/mol. The van der Waals surface area contributed by atoms with Gasteiger partial charge in [0.2, 0.25) is 0 Å². The molecular weight excluding hydrogens is 504 g/mol. The Labute approximate surface area is 196 Å². The third-order valence-corrected chi connectivity index (χ3v) is 6.11. The van der Waals surface area contributed by atoms with E-state index in [1.807, 2.05) is 36.4 Å². The van der Waals surface area contributed by atoms with Gasteiger partial charge in [-0.15, -0.1) is 0 Å². The van der Waals surface area contributed by atoms with E-state index in [0.717, 1.165) is 20.4 Å². The molecule has 0 unspecified atom stereocenters. The summed E-state index contributed by atoms with van der Waals surface area (Å²) in [5, 5.41) is 0. The minimum atomic E-state index is 0.110. The average molecular weight is 532 g/mol. The van der Waals surface area contributed by atoms with Crippen LogP contribution in [-0.4, -0.2) is 0 Å². The highest BCUT2D eigenvalue weighted by Crippen LogP contribution is 2.42. The zero-order valence-corrected chi connectivity index (χ0v) is 21.5. The highest BCUT2D eigenvalue weighted by atomic mass is 79.9. The van der Waals surface area contributed by atoms with Crippen LogP contribution in [0.25, 0.3) is 0 Å². The SMILES string of the molecule is CC(C)(C)c1ccc(Oc2cc(Br)cc(Oc3ccc(C(C)(C)C)cc3)c2Br)cc1. The van der Waals surface area contributed by atoms with Crippen LogP contribution in [0.2, 0.25) is 0 Å². The molecule has 0 bridgehead atoms. The van der Waals surface area contributed by atoms with Gasteiger partial charge < -0.3 is 9.47 Å². The highest BCUT2D eigenvalue weighted by Gasteiger charge is 2.16. The lowest BCUT2D eigenvalue weighted by Gasteiger charge is -2.20. The van der Waals surface area contributed by atoms with E-state index in [1.165, 1.54) is 11.1 Å². The summed E-state index contributed by atoms with van der Waals surface area (Å²) in [4.78, 5) is 0. The van der Waals surface area contributed by atoms with E-state index in [-0.39, 0.29) is 10.8 Å². The van der Waals surface area contributed by atoms with Crippen LogP contribution < -0.4 is 9.47 Å². The molecule has 0 amide bonds. The maximum Gasteiger partial charge on any atom is 0.146 e. The number of hydrogen-bond acceptors (Lipinski definition) is 2. The predicted molar refractivity (Wildman–Crippen MR) is 132 cm³/mol. The Morgan fingerprint density at radius 2 is 0.900 bits per heavy atom. The normalized spacial score (nSPS) is 12.0. The Kier molecular flexibility index (Phi) is 6.69. The summed E-state index contributed by atoms with van der Waals surface area (Å²) in [7, 11) is 0. The van der Waals surface area contributed by atoms with Crippen molar-refractivity contribution in [2.24, 2.45) is 0 Å². The van der Waals surface area contributed by atoms with E-state index in [4.69, 9.17) is 9.47 Å². The largest absolute Gasteiger partial charge is 0.456 e. The molecule has 0 atom stereocenters. The minimum Gasteiger partial charge on any atom is -0.456 e. The van der Waals surface area contributed by atoms with Gasteiger partial charge in [-0.2, -0.15) is 0 Å². The van der Waals surface area contributed by atoms with E-state index < -0.39 is 0 Å². The van der Waals surface area contributed by atoms with Crippen molar-refractivity contribution in [2.75, 3.05) is 0 Å². The van der Waals surface area contributed by atoms with Crippen molar-refractivity contribution in [2.45, 2.75) is 52.4 Å². The van der Waals surface area contributed by atoms with Crippen molar-refractivity contribution >= 4 is 31.9 Å². The highest BCUT2D eigenvalue weighted by molar-refractivity contribution is 9.11. The molecule has 30 heavy (non-hydrogen) atoms. The predicted octanol–water partition coefficient (Wildman–Crippen LogP) is 9.39. The topological polar surface area (TPSA) is 18.5 Å². The summed E-state index contributed by atoms with van der Waals surface area (Å²) in [6.45, 7) is 13.2. The van der Waals surface area contributed by atoms with Gasteiger partial charge in [-0.1, -0.05) is 81.7 Å². The fourth-order valence-corrected chi connectivity index (χ4v) is 3.80. The molecule has 0 fully saturated rings. The van der Waals surface area contributed by atoms with Crippen molar-refractivity contribution < 1.29 is 9.47 Å². The van der Waals surface area contributed by atoms with Gasteiger partial charge in [0, 0.05) is 4.47 Å². The molecule has 0 saturated heterocycles. The standard InChI is InChI=1S/C26H28Br2O2/c1-25(2,3)17-7-11-20(12-8-17)29-22-15-19(27)16-23(24(22)28)30-21-13-9-18(10-14-21)26(4,5)6/h7-16H,1-6H3. The number of halogens is 2. The summed E-state index contributed by atoms with van der Waals surface area (Å²) < 4.78 is 13.9. The van der Waals surface area contributed by atoms with Gasteiger partial charge in [-0.25, -0.2) is 0 Å². The second kappa shape index (κ2) is 8.76. The Hall–Kier alpha value is -1.78. The molecule has 0 saturated carbocycles. The van der Waals surface area contributed by atoms with Crippen LogP contribution in [0.5, 0.6) is 23.0 Å². The van der Waals surface area contributed by atoms with Crippen molar-refractivity contribution in [1.29, 1.82) is 0 Å². The van der Waals surface area contributed by atoms with Gasteiger partial charge in [0.1, 0.15) is 27.5 Å². The molecule has 3 aromatic carbocycles. The molecule has 0 spiro atoms. The lowest BCUT2D eigenvalue weighted by Crippen LogP contribution is -2.10. The third kappa shape index (κ3) is 5.67. The van der Waals surface area contributed by atoms with Crippen LogP contribution in [0.15, 0.2) is 69.6 Å². The minimum absolute atomic E-state index is 0.110. The van der Waals surface area contributed by atoms with Crippen molar-refractivity contribution in [3.05, 3.63) is 80.7 Å². The maximum atomic E-state index is 6.14. The fourth-order valence-electron chi connectivity index (χ4n) is 2.99. The third-order valence-electron chi connectivity index (χ3n) is 4.87. The summed E-state index contributed by atoms with van der Waals surface area (Å²) in [6.07, 6.45) is 0. The number of rotatable bonds is 4. The number of benzene rings is 3. The second-order valence-corrected chi connectivity index (χ2v) is 11.2. The number of ether oxygens (including phenoxy) is 2. The van der Waals surface area contributed by atoms with Gasteiger partial charge >= 0.3 is 0 Å². The Morgan fingerprint density at radius 3 is 1.20 bits per heavy atom. The van der Waals surface area contributed by atoms with E-state index in [9.17, 15) is 0 Å². The van der Waals surface area contributed by atoms with Gasteiger partial charge in [0.15, 0.2) is 0 Å². The van der Waals surface area contributed by atoms with E-state index in [1.54, 1.807) is 0 Å². The second-order valence-electron chi connectivity index (χ2n) is 9.47. The van der Waals surface area contributed by atoms with E-state index in [2.05, 4.69) is 97.7 Å². The molecule has 0 N–H and O–H groups in total. The Morgan fingerprint density at radius 1 is 0.567 bits per heavy atom. The van der Waals surface area contributed by atoms with Crippen LogP contribution in [0.4, 0.5) is 0 Å². The van der Waals surface area contributed by atoms with Crippen LogP contribution in [0.1, 0.15) is 52.7 Å². The van der Waals surface area contributed by atoms with Gasteiger partial charge in [-0.3, -0.25) is 0 Å². The molecule has 0 heterocycles. The summed E-state index contributed by atoms with van der Waals surface area (Å²) in [5.74, 6) is 2.94. The van der Waals surface area contributed by atoms with E-state index >= 15 is 0 Å². The number of hydrogen-bond donors (Lipinski definition) is 0. The van der Waals surface area contributed by atoms with Crippen LogP contribution in [-0.2, 0) is 10.8 Å². The first-order valence-electron chi connectivity index (χ1n) is 9.99. The van der Waals surface area contributed by atoms with Crippen LogP contribution in [0, 0.1) is 0 Å². The molecule has 0 aromatic heterocycles. The summed E-state index contributed by atoms with van der Waals surface area (Å²) in [5.41, 5.74) is 2.76. The lowest BCUT2D eigenvalue weighted by atomic mass is 9.87. The smallest absolute Gasteiger partial charge is 0.146 e. The Bertz CT molecular complexity index is 928. The summed E-state index contributed by atoms with van der Waals surface area (Å²) in [6, 6.07) is 20.3. The average Bonchev–Trinajstić information content (AvgIpc) is 2.65. The molecule has 2 nitrogen and oxygen atoms in total. The zero-order valence-electron chi connectivity index (χ0n) is 18.3. The first kappa shape index (κ1) is 22.9. The molecule has 4 heteroatoms. The van der Waals surface area contributed by atoms with Crippen LogP contribution >= 0.6 is 31.9 Å². The summed E-state index contributed by atoms with van der Waals surface area (Å²) >= 11 is 7.22. The van der Waals surface area contributed by atoms with Crippen molar-refractivity contribution in [3.63, 3.8) is 0 Å². The molecule has 0 radical (unpaired) electrons. The van der Waals surface area contributed by atoms with Gasteiger partial charge in [-0.05, 0) is 74.3 Å². The molecule has 3 rings (SSSR count). The molecule has 0 aliphatic carbocycles. The quantitative estimate of drug-likeness (QED) is 0.333. The molecule has 0 aliphatic rings. The zero-order chi connectivity index (χ0) is 22.1. The Balaban J connectivity index is 1.83. The van der Waals surface area contributed by atoms with Gasteiger partial charge in [0.25, 0.3) is 0 Å².